The van der Waals surface area contributed by atoms with Crippen LogP contribution < -0.4 is 5.48 Å². The number of hydrogen-bond acceptors (Lipinski definition) is 7. The lowest BCUT2D eigenvalue weighted by molar-refractivity contribution is -0.0586. The lowest BCUT2D eigenvalue weighted by Crippen LogP contribution is -2.31. The van der Waals surface area contributed by atoms with Gasteiger partial charge in [0.15, 0.2) is 10.8 Å². The number of ether oxygens (including phenoxy) is 1. The van der Waals surface area contributed by atoms with Crippen LogP contribution in [-0.2, 0) is 9.57 Å². The SMILES string of the molecule is CC1=NC(c2nccs2)=NC(c2ccc(F)cc2Cl)/C1=C1\NOCCO1. The summed E-state index contributed by atoms with van der Waals surface area (Å²) in [5.74, 6) is 0.530. The van der Waals surface area contributed by atoms with Crippen molar-refractivity contribution in [1.29, 1.82) is 0 Å². The Morgan fingerprint density at radius 2 is 2.23 bits per heavy atom. The summed E-state index contributed by atoms with van der Waals surface area (Å²) in [4.78, 5) is 18.9. The first kappa shape index (κ1) is 17.1. The van der Waals surface area contributed by atoms with Gasteiger partial charge < -0.3 is 4.74 Å². The van der Waals surface area contributed by atoms with E-state index in [4.69, 9.17) is 26.2 Å². The molecule has 1 unspecified atom stereocenters. The Morgan fingerprint density at radius 3 is 2.92 bits per heavy atom. The average Bonchev–Trinajstić information content (AvgIpc) is 3.16. The van der Waals surface area contributed by atoms with Crippen LogP contribution in [0.2, 0.25) is 5.02 Å². The second-order valence-electron chi connectivity index (χ2n) is 5.60. The zero-order valence-electron chi connectivity index (χ0n) is 13.7. The van der Waals surface area contributed by atoms with Crippen LogP contribution in [0.4, 0.5) is 4.39 Å². The van der Waals surface area contributed by atoms with Crippen LogP contribution in [0.25, 0.3) is 0 Å². The van der Waals surface area contributed by atoms with E-state index in [0.717, 1.165) is 0 Å². The number of thiazole rings is 1. The van der Waals surface area contributed by atoms with E-state index in [1.54, 1.807) is 12.3 Å². The number of hydrogen-bond donors (Lipinski definition) is 1. The predicted octanol–water partition coefficient (Wildman–Crippen LogP) is 3.66. The van der Waals surface area contributed by atoms with Crippen molar-refractivity contribution in [3.05, 3.63) is 62.6 Å². The molecule has 2 aromatic rings. The molecule has 9 heteroatoms. The molecule has 0 radical (unpaired) electrons. The first-order valence-corrected chi connectivity index (χ1v) is 9.12. The van der Waals surface area contributed by atoms with E-state index in [1.165, 1.54) is 23.5 Å². The highest BCUT2D eigenvalue weighted by atomic mass is 35.5. The molecule has 0 amide bonds. The second-order valence-corrected chi connectivity index (χ2v) is 6.90. The molecule has 26 heavy (non-hydrogen) atoms. The monoisotopic (exact) mass is 392 g/mol. The first-order chi connectivity index (χ1) is 12.6. The van der Waals surface area contributed by atoms with Crippen LogP contribution >= 0.6 is 22.9 Å². The van der Waals surface area contributed by atoms with Gasteiger partial charge in [-0.1, -0.05) is 17.7 Å². The smallest absolute Gasteiger partial charge is 0.218 e. The van der Waals surface area contributed by atoms with Crippen molar-refractivity contribution in [2.75, 3.05) is 13.2 Å². The van der Waals surface area contributed by atoms with Gasteiger partial charge in [0, 0.05) is 22.2 Å². The number of aliphatic imine (C=N–C) groups is 2. The van der Waals surface area contributed by atoms with E-state index in [2.05, 4.69) is 15.5 Å². The van der Waals surface area contributed by atoms with Gasteiger partial charge in [-0.15, -0.1) is 11.3 Å². The molecule has 2 aliphatic heterocycles. The number of rotatable bonds is 2. The summed E-state index contributed by atoms with van der Waals surface area (Å²) in [5, 5.41) is 2.84. The maximum absolute atomic E-state index is 13.5. The number of hydroxylamine groups is 1. The Morgan fingerprint density at radius 1 is 1.35 bits per heavy atom. The highest BCUT2D eigenvalue weighted by Gasteiger charge is 2.31. The Bertz CT molecular complexity index is 919. The van der Waals surface area contributed by atoms with Crippen molar-refractivity contribution in [2.45, 2.75) is 13.0 Å². The summed E-state index contributed by atoms with van der Waals surface area (Å²) >= 11 is 7.75. The quantitative estimate of drug-likeness (QED) is 0.846. The number of nitrogens with zero attached hydrogens (tertiary/aromatic N) is 3. The summed E-state index contributed by atoms with van der Waals surface area (Å²) < 4.78 is 19.2. The Balaban J connectivity index is 1.87. The first-order valence-electron chi connectivity index (χ1n) is 7.86. The average molecular weight is 393 g/mol. The van der Waals surface area contributed by atoms with Gasteiger partial charge in [0.25, 0.3) is 0 Å². The normalized spacial score (nSPS) is 23.0. The van der Waals surface area contributed by atoms with Crippen LogP contribution in [0.3, 0.4) is 0 Å². The number of nitrogens with one attached hydrogen (secondary N) is 1. The lowest BCUT2D eigenvalue weighted by atomic mass is 9.94. The fourth-order valence-corrected chi connectivity index (χ4v) is 3.62. The summed E-state index contributed by atoms with van der Waals surface area (Å²) in [6.07, 6.45) is 1.70. The topological polar surface area (TPSA) is 68.1 Å². The Kier molecular flexibility index (Phi) is 4.71. The van der Waals surface area contributed by atoms with E-state index in [0.29, 0.717) is 46.8 Å². The van der Waals surface area contributed by atoms with Crippen molar-refractivity contribution in [3.8, 4) is 0 Å². The molecule has 0 spiro atoms. The lowest BCUT2D eigenvalue weighted by Gasteiger charge is -2.27. The van der Waals surface area contributed by atoms with Crippen LogP contribution in [0.1, 0.15) is 23.5 Å². The Labute approximate surface area is 158 Å². The van der Waals surface area contributed by atoms with Gasteiger partial charge >= 0.3 is 0 Å². The van der Waals surface area contributed by atoms with Gasteiger partial charge in [-0.25, -0.2) is 19.8 Å². The maximum atomic E-state index is 13.5. The minimum Gasteiger partial charge on any atom is -0.475 e. The van der Waals surface area contributed by atoms with Gasteiger partial charge in [0.05, 0.1) is 11.3 Å². The summed E-state index contributed by atoms with van der Waals surface area (Å²) in [6, 6.07) is 3.72. The fraction of sp³-hybridized carbons (Fsp3) is 0.235. The van der Waals surface area contributed by atoms with Crippen molar-refractivity contribution < 1.29 is 14.0 Å². The number of benzene rings is 1. The molecule has 3 heterocycles. The largest absolute Gasteiger partial charge is 0.475 e. The van der Waals surface area contributed by atoms with Crippen LogP contribution in [-0.4, -0.2) is 29.7 Å². The van der Waals surface area contributed by atoms with Crippen molar-refractivity contribution in [1.82, 2.24) is 10.5 Å². The zero-order valence-corrected chi connectivity index (χ0v) is 15.3. The van der Waals surface area contributed by atoms with Gasteiger partial charge in [0.1, 0.15) is 25.1 Å². The molecule has 1 atom stereocenters. The molecule has 1 N–H and O–H groups in total. The van der Waals surface area contributed by atoms with Gasteiger partial charge in [-0.2, -0.15) is 0 Å². The molecule has 4 rings (SSSR count). The molecular formula is C17H14ClFN4O2S. The summed E-state index contributed by atoms with van der Waals surface area (Å²) in [6.45, 7) is 2.70. The van der Waals surface area contributed by atoms with E-state index in [-0.39, 0.29) is 5.02 Å². The summed E-state index contributed by atoms with van der Waals surface area (Å²) in [5.41, 5.74) is 4.82. The maximum Gasteiger partial charge on any atom is 0.218 e. The predicted molar refractivity (Wildman–Crippen MR) is 98.0 cm³/mol. The number of amidine groups is 1. The molecule has 1 fully saturated rings. The van der Waals surface area contributed by atoms with Crippen molar-refractivity contribution in [3.63, 3.8) is 0 Å². The van der Waals surface area contributed by atoms with E-state index in [9.17, 15) is 4.39 Å². The molecule has 1 aromatic carbocycles. The number of halogens is 2. The minimum atomic E-state index is -0.524. The van der Waals surface area contributed by atoms with Gasteiger partial charge in [-0.3, -0.25) is 9.83 Å². The highest BCUT2D eigenvalue weighted by Crippen LogP contribution is 2.37. The standard InChI is InChI=1S/C17H14ClFN4O2S/c1-9-13(16-23-25-6-5-24-16)14(11-3-2-10(19)8-12(11)18)22-15(21-9)17-20-4-7-26-17/h2-4,7-8,14,23H,5-6H2,1H3/b16-13+. The van der Waals surface area contributed by atoms with Crippen LogP contribution in [0, 0.1) is 5.82 Å². The van der Waals surface area contributed by atoms with Gasteiger partial charge in [0.2, 0.25) is 5.88 Å². The molecule has 6 nitrogen and oxygen atoms in total. The molecule has 1 aromatic heterocycles. The zero-order chi connectivity index (χ0) is 18.1. The highest BCUT2D eigenvalue weighted by molar-refractivity contribution is 7.11. The Hall–Kier alpha value is -2.29. The van der Waals surface area contributed by atoms with Crippen LogP contribution in [0.15, 0.2) is 51.2 Å². The molecule has 0 aliphatic carbocycles. The van der Waals surface area contributed by atoms with E-state index in [1.807, 2.05) is 12.3 Å². The molecular weight excluding hydrogens is 379 g/mol. The van der Waals surface area contributed by atoms with Crippen molar-refractivity contribution >= 4 is 34.5 Å². The third-order valence-corrected chi connectivity index (χ3v) is 5.01. The summed E-state index contributed by atoms with van der Waals surface area (Å²) in [7, 11) is 0. The fourth-order valence-electron chi connectivity index (χ4n) is 2.77. The molecule has 1 saturated heterocycles. The van der Waals surface area contributed by atoms with E-state index < -0.39 is 11.9 Å². The molecule has 134 valence electrons. The minimum absolute atomic E-state index is 0.279. The van der Waals surface area contributed by atoms with E-state index >= 15 is 0 Å². The third-order valence-electron chi connectivity index (χ3n) is 3.91. The van der Waals surface area contributed by atoms with Crippen LogP contribution in [0.5, 0.6) is 0 Å². The second kappa shape index (κ2) is 7.14. The third kappa shape index (κ3) is 3.23. The number of aromatic nitrogens is 1. The van der Waals surface area contributed by atoms with Gasteiger partial charge in [-0.05, 0) is 19.1 Å². The van der Waals surface area contributed by atoms with Crippen molar-refractivity contribution in [2.24, 2.45) is 9.98 Å². The molecule has 2 aliphatic rings. The molecule has 0 bridgehead atoms. The molecule has 0 saturated carbocycles.